The molecule has 202 valence electrons. The number of nitrogens with two attached hydrogens (primary N) is 1. The third kappa shape index (κ3) is 5.33. The monoisotopic (exact) mass is 567 g/mol. The van der Waals surface area contributed by atoms with Gasteiger partial charge in [0.2, 0.25) is 11.0 Å². The molecule has 1 fully saturated rings. The topological polar surface area (TPSA) is 128 Å². The summed E-state index contributed by atoms with van der Waals surface area (Å²) in [6.07, 6.45) is -2.84. The van der Waals surface area contributed by atoms with Gasteiger partial charge < -0.3 is 10.5 Å². The number of nitrogens with one attached hydrogen (secondary N) is 1. The molecule has 0 radical (unpaired) electrons. The molecule has 3 atom stereocenters. The van der Waals surface area contributed by atoms with Crippen molar-refractivity contribution in [2.45, 2.75) is 42.4 Å². The van der Waals surface area contributed by atoms with Gasteiger partial charge >= 0.3 is 6.18 Å². The van der Waals surface area contributed by atoms with Gasteiger partial charge in [-0.05, 0) is 43.1 Å². The number of hydrogen-bond acceptors (Lipinski definition) is 8. The summed E-state index contributed by atoms with van der Waals surface area (Å²) in [5.41, 5.74) is 6.92. The largest absolute Gasteiger partial charge is 0.493 e. The van der Waals surface area contributed by atoms with E-state index in [2.05, 4.69) is 14.1 Å². The SMILES string of the molecule is NC(=O)c1cccc([C@@H]2C[C@H](C(F)(F)F)CCN2C2CCOc3cc(S(=O)(=O)Nc4ncns4)ccc32)c1. The Morgan fingerprint density at radius 2 is 1.97 bits per heavy atom. The molecule has 2 aliphatic heterocycles. The molecule has 1 unspecified atom stereocenters. The second-order valence-electron chi connectivity index (χ2n) is 9.21. The van der Waals surface area contributed by atoms with Crippen molar-refractivity contribution in [3.05, 3.63) is 65.5 Å². The van der Waals surface area contributed by atoms with Crippen molar-refractivity contribution in [2.75, 3.05) is 17.9 Å². The number of amides is 1. The normalized spacial score (nSPS) is 22.3. The van der Waals surface area contributed by atoms with Crippen molar-refractivity contribution in [2.24, 2.45) is 11.7 Å². The average molecular weight is 568 g/mol. The van der Waals surface area contributed by atoms with Gasteiger partial charge in [0.1, 0.15) is 12.1 Å². The molecule has 1 amide bonds. The van der Waals surface area contributed by atoms with E-state index in [0.29, 0.717) is 23.3 Å². The van der Waals surface area contributed by atoms with E-state index in [1.165, 1.54) is 24.5 Å². The smallest absolute Gasteiger partial charge is 0.391 e. The first-order valence-electron chi connectivity index (χ1n) is 11.8. The Morgan fingerprint density at radius 1 is 1.16 bits per heavy atom. The van der Waals surface area contributed by atoms with Crippen LogP contribution in [0.5, 0.6) is 5.75 Å². The summed E-state index contributed by atoms with van der Waals surface area (Å²) in [5, 5.41) is 0.120. The van der Waals surface area contributed by atoms with Gasteiger partial charge in [-0.25, -0.2) is 13.4 Å². The van der Waals surface area contributed by atoms with E-state index in [1.54, 1.807) is 24.3 Å². The van der Waals surface area contributed by atoms with Crippen molar-refractivity contribution in [1.82, 2.24) is 14.3 Å². The van der Waals surface area contributed by atoms with E-state index < -0.39 is 34.1 Å². The summed E-state index contributed by atoms with van der Waals surface area (Å²) >= 11 is 0.897. The predicted octanol–water partition coefficient (Wildman–Crippen LogP) is 4.28. The van der Waals surface area contributed by atoms with Crippen molar-refractivity contribution in [3.8, 4) is 5.75 Å². The number of likely N-dealkylation sites (tertiary alicyclic amines) is 1. The summed E-state index contributed by atoms with van der Waals surface area (Å²) in [6.45, 7) is 0.427. The Labute approximate surface area is 221 Å². The van der Waals surface area contributed by atoms with Crippen LogP contribution in [0.2, 0.25) is 0 Å². The van der Waals surface area contributed by atoms with Crippen LogP contribution < -0.4 is 15.2 Å². The minimum absolute atomic E-state index is 0.0337. The highest BCUT2D eigenvalue weighted by molar-refractivity contribution is 7.93. The highest BCUT2D eigenvalue weighted by Crippen LogP contribution is 2.48. The lowest BCUT2D eigenvalue weighted by Gasteiger charge is -2.46. The standard InChI is InChI=1S/C24H24F3N5O4S2/c25-24(26,27)16-6-8-32(20(11-16)14-2-1-3-15(10-14)22(28)33)19-7-9-36-21-12-17(4-5-18(19)21)38(34,35)31-23-29-13-30-37-23/h1-5,10,12-13,16,19-20H,6-9,11H2,(H2,28,33)(H,29,30,31)/t16-,19?,20+/m1/s1. The Balaban J connectivity index is 1.48. The maximum atomic E-state index is 13.8. The number of anilines is 1. The van der Waals surface area contributed by atoms with Gasteiger partial charge in [0.05, 0.1) is 17.4 Å². The van der Waals surface area contributed by atoms with E-state index in [-0.39, 0.29) is 47.6 Å². The summed E-state index contributed by atoms with van der Waals surface area (Å²) in [4.78, 5) is 17.6. The number of aromatic nitrogens is 2. The number of primary amides is 1. The van der Waals surface area contributed by atoms with Crippen LogP contribution >= 0.6 is 11.5 Å². The molecule has 2 aromatic carbocycles. The Morgan fingerprint density at radius 3 is 2.68 bits per heavy atom. The van der Waals surface area contributed by atoms with Gasteiger partial charge in [0, 0.05) is 47.2 Å². The van der Waals surface area contributed by atoms with Crippen LogP contribution in [-0.4, -0.2) is 47.9 Å². The summed E-state index contributed by atoms with van der Waals surface area (Å²) in [6, 6.07) is 9.94. The molecule has 0 aliphatic carbocycles. The molecule has 38 heavy (non-hydrogen) atoms. The maximum absolute atomic E-state index is 13.8. The summed E-state index contributed by atoms with van der Waals surface area (Å²) < 4.78 is 78.9. The fraction of sp³-hybridized carbons (Fsp3) is 0.375. The molecular weight excluding hydrogens is 543 g/mol. The summed E-state index contributed by atoms with van der Waals surface area (Å²) in [7, 11) is -3.95. The fourth-order valence-electron chi connectivity index (χ4n) is 5.14. The molecule has 0 spiro atoms. The number of fused-ring (bicyclic) bond motifs is 1. The number of halogens is 3. The van der Waals surface area contributed by atoms with Crippen LogP contribution in [0.15, 0.2) is 53.7 Å². The molecular formula is C24H24F3N5O4S2. The number of carbonyl (C=O) groups is 1. The lowest BCUT2D eigenvalue weighted by molar-refractivity contribution is -0.192. The predicted molar refractivity (Wildman–Crippen MR) is 133 cm³/mol. The fourth-order valence-corrected chi connectivity index (χ4v) is 6.81. The van der Waals surface area contributed by atoms with Crippen LogP contribution in [-0.2, 0) is 10.0 Å². The average Bonchev–Trinajstić information content (AvgIpc) is 3.39. The second kappa shape index (κ2) is 10.2. The number of ether oxygens (including phenoxy) is 1. The molecule has 14 heteroatoms. The van der Waals surface area contributed by atoms with Gasteiger partial charge in [-0.3, -0.25) is 14.4 Å². The molecule has 0 bridgehead atoms. The molecule has 5 rings (SSSR count). The highest BCUT2D eigenvalue weighted by Gasteiger charge is 2.46. The van der Waals surface area contributed by atoms with Crippen molar-refractivity contribution in [3.63, 3.8) is 0 Å². The number of benzene rings is 2. The van der Waals surface area contributed by atoms with Crippen molar-refractivity contribution < 1.29 is 31.1 Å². The molecule has 1 aromatic heterocycles. The quantitative estimate of drug-likeness (QED) is 0.455. The zero-order chi connectivity index (χ0) is 27.1. The van der Waals surface area contributed by atoms with Crippen molar-refractivity contribution in [1.29, 1.82) is 0 Å². The van der Waals surface area contributed by atoms with E-state index in [4.69, 9.17) is 10.5 Å². The number of carbonyl (C=O) groups excluding carboxylic acids is 1. The highest BCUT2D eigenvalue weighted by atomic mass is 32.2. The Bertz CT molecular complexity index is 1430. The molecule has 3 aromatic rings. The molecule has 9 nitrogen and oxygen atoms in total. The first-order valence-corrected chi connectivity index (χ1v) is 14.1. The van der Waals surface area contributed by atoms with E-state index in [1.807, 2.05) is 4.90 Å². The van der Waals surface area contributed by atoms with Gasteiger partial charge in [-0.1, -0.05) is 18.2 Å². The van der Waals surface area contributed by atoms with Crippen LogP contribution in [0.4, 0.5) is 18.3 Å². The van der Waals surface area contributed by atoms with Crippen LogP contribution in [0, 0.1) is 5.92 Å². The molecule has 3 heterocycles. The Hall–Kier alpha value is -3.23. The summed E-state index contributed by atoms with van der Waals surface area (Å²) in [5.74, 6) is -1.79. The van der Waals surface area contributed by atoms with Gasteiger partial charge in [0.25, 0.3) is 10.0 Å². The minimum Gasteiger partial charge on any atom is -0.493 e. The molecule has 3 N–H and O–H groups in total. The zero-order valence-electron chi connectivity index (χ0n) is 19.9. The number of alkyl halides is 3. The zero-order valence-corrected chi connectivity index (χ0v) is 21.5. The lowest BCUT2D eigenvalue weighted by atomic mass is 9.83. The van der Waals surface area contributed by atoms with E-state index in [9.17, 15) is 26.4 Å². The van der Waals surface area contributed by atoms with Crippen molar-refractivity contribution >= 4 is 32.6 Å². The number of rotatable bonds is 6. The molecule has 1 saturated heterocycles. The lowest BCUT2D eigenvalue weighted by Crippen LogP contribution is -2.44. The van der Waals surface area contributed by atoms with Gasteiger partial charge in [-0.15, -0.1) is 0 Å². The van der Waals surface area contributed by atoms with E-state index >= 15 is 0 Å². The number of nitrogens with zero attached hydrogens (tertiary/aromatic N) is 3. The van der Waals surface area contributed by atoms with Crippen LogP contribution in [0.3, 0.4) is 0 Å². The first-order chi connectivity index (χ1) is 18.0. The number of hydrogen-bond donors (Lipinski definition) is 2. The van der Waals surface area contributed by atoms with E-state index in [0.717, 1.165) is 11.5 Å². The Kier molecular flexibility index (Phi) is 7.05. The minimum atomic E-state index is -4.34. The second-order valence-corrected chi connectivity index (χ2v) is 11.7. The van der Waals surface area contributed by atoms with Crippen LogP contribution in [0.1, 0.15) is 52.8 Å². The maximum Gasteiger partial charge on any atom is 0.391 e. The van der Waals surface area contributed by atoms with Gasteiger partial charge in [-0.2, -0.15) is 17.5 Å². The number of sulfonamides is 1. The molecule has 0 saturated carbocycles. The number of piperidine rings is 1. The van der Waals surface area contributed by atoms with Gasteiger partial charge in [0.15, 0.2) is 0 Å². The third-order valence-electron chi connectivity index (χ3n) is 6.95. The molecule has 2 aliphatic rings. The first kappa shape index (κ1) is 26.4. The third-order valence-corrected chi connectivity index (χ3v) is 9.00. The van der Waals surface area contributed by atoms with Crippen LogP contribution in [0.25, 0.3) is 0 Å².